The van der Waals surface area contributed by atoms with Crippen LogP contribution in [0.15, 0.2) is 57.5 Å². The highest BCUT2D eigenvalue weighted by Gasteiger charge is 2.50. The van der Waals surface area contributed by atoms with Crippen LogP contribution in [-0.2, 0) is 28.5 Å². The van der Waals surface area contributed by atoms with Crippen LogP contribution in [0.25, 0.3) is 33.3 Å². The lowest BCUT2D eigenvalue weighted by Gasteiger charge is -2.39. The molecule has 0 radical (unpaired) electrons. The highest BCUT2D eigenvalue weighted by atomic mass is 16.7. The summed E-state index contributed by atoms with van der Waals surface area (Å²) in [5.74, 6) is -6.67. The number of anilines is 1. The van der Waals surface area contributed by atoms with Crippen molar-refractivity contribution in [2.45, 2.75) is 86.4 Å². The third kappa shape index (κ3) is 10.1. The van der Waals surface area contributed by atoms with Crippen LogP contribution < -0.4 is 20.2 Å². The highest BCUT2D eigenvalue weighted by molar-refractivity contribution is 6.22. The number of phenolic OH excluding ortho intramolecular Hbond substituents is 2. The van der Waals surface area contributed by atoms with Gasteiger partial charge in [-0.2, -0.15) is 0 Å². The number of rotatable bonds is 9. The molecule has 0 aromatic heterocycles. The summed E-state index contributed by atoms with van der Waals surface area (Å²) in [6.45, 7) is 16.9. The fourth-order valence-electron chi connectivity index (χ4n) is 8.73. The lowest BCUT2D eigenvalue weighted by atomic mass is 9.73. The maximum absolute atomic E-state index is 14.8. The van der Waals surface area contributed by atoms with E-state index in [1.807, 2.05) is 53.6 Å². The van der Waals surface area contributed by atoms with Crippen molar-refractivity contribution in [1.82, 2.24) is 9.88 Å². The third-order valence-corrected chi connectivity index (χ3v) is 13.2. The van der Waals surface area contributed by atoms with Crippen molar-refractivity contribution in [3.63, 3.8) is 0 Å². The van der Waals surface area contributed by atoms with E-state index in [1.54, 1.807) is 18.2 Å². The number of fused-ring (bicyclic) bond motifs is 2. The number of esters is 1. The van der Waals surface area contributed by atoms with Gasteiger partial charge in [-0.05, 0) is 51.8 Å². The molecule has 3 aliphatic heterocycles. The number of aromatic nitrogens is 1. The van der Waals surface area contributed by atoms with Crippen molar-refractivity contribution in [2.75, 3.05) is 52.9 Å². The number of Topliss-reactive ketones (excluding diaryl/α,β-unsaturated/α-hetero) is 1. The van der Waals surface area contributed by atoms with E-state index in [0.29, 0.717) is 13.2 Å². The normalized spacial score (nSPS) is 28.0. The summed E-state index contributed by atoms with van der Waals surface area (Å²) in [4.78, 5) is 62.8. The van der Waals surface area contributed by atoms with Gasteiger partial charge in [-0.1, -0.05) is 52.8 Å². The van der Waals surface area contributed by atoms with Crippen LogP contribution in [0.1, 0.15) is 71.3 Å². The SMILES string of the molecule is CO[C@H]1/C=C/O[C@@]2(C)Oc3c(C)c(O)c4c(=O)c(c5oc6cc(OCCOCCN(C)C)cc(O)c6nc-5c4c3C2=O)NC(=O)/C(C)=C\C=C\[C@H](C)[C@H](O)[C@@H](C)[C@@H](C)[C@@H](C)[C@H](OC(C)=O)[C@@H]1C. The number of phenols is 2. The lowest BCUT2D eigenvalue weighted by molar-refractivity contribution is -0.157. The van der Waals surface area contributed by atoms with E-state index in [0.717, 1.165) is 0 Å². The number of nitrogens with one attached hydrogen (secondary N) is 1. The number of allylic oxidation sites excluding steroid dienone is 2. The number of carbonyl (C=O) groups excluding carboxylic acids is 3. The van der Waals surface area contributed by atoms with E-state index in [1.165, 1.54) is 59.3 Å². The Kier molecular flexibility index (Phi) is 15.4. The zero-order valence-corrected chi connectivity index (χ0v) is 40.2. The average molecular weight is 930 g/mol. The molecule has 4 aliphatic rings. The van der Waals surface area contributed by atoms with Gasteiger partial charge in [-0.3, -0.25) is 19.2 Å². The molecule has 0 saturated heterocycles. The van der Waals surface area contributed by atoms with E-state index >= 15 is 0 Å². The number of carbonyl (C=O) groups is 3. The van der Waals surface area contributed by atoms with E-state index in [4.69, 9.17) is 37.8 Å². The summed E-state index contributed by atoms with van der Waals surface area (Å²) in [5.41, 5.74) is -1.56. The molecular weight excluding hydrogens is 867 g/mol. The molecule has 2 aromatic rings. The van der Waals surface area contributed by atoms with Crippen molar-refractivity contribution < 1.29 is 62.5 Å². The van der Waals surface area contributed by atoms with E-state index in [9.17, 15) is 34.5 Å². The minimum absolute atomic E-state index is 0.0296. The first-order valence-electron chi connectivity index (χ1n) is 22.4. The molecule has 0 spiro atoms. The van der Waals surface area contributed by atoms with Crippen molar-refractivity contribution >= 4 is 45.2 Å². The zero-order valence-electron chi connectivity index (χ0n) is 40.2. The molecule has 3 heterocycles. The molecular formula is C50H63N3O14. The number of ketones is 1. The quantitative estimate of drug-likeness (QED) is 0.0580. The Balaban J connectivity index is 1.55. The van der Waals surface area contributed by atoms with Gasteiger partial charge in [0.25, 0.3) is 11.7 Å². The minimum Gasteiger partial charge on any atom is -0.507 e. The maximum Gasteiger partial charge on any atom is 0.312 e. The number of hydrogen-bond donors (Lipinski definition) is 4. The van der Waals surface area contributed by atoms with Gasteiger partial charge in [0.05, 0.1) is 42.6 Å². The molecule has 2 aromatic carbocycles. The molecule has 17 nitrogen and oxygen atoms in total. The second kappa shape index (κ2) is 20.5. The molecule has 362 valence electrons. The van der Waals surface area contributed by atoms with Crippen molar-refractivity contribution in [3.05, 3.63) is 69.6 Å². The summed E-state index contributed by atoms with van der Waals surface area (Å²) in [6.07, 6.45) is 5.51. The average Bonchev–Trinajstić information content (AvgIpc) is 3.54. The molecule has 4 bridgehead atoms. The summed E-state index contributed by atoms with van der Waals surface area (Å²) in [7, 11) is 5.35. The van der Waals surface area contributed by atoms with Gasteiger partial charge in [0.15, 0.2) is 11.3 Å². The van der Waals surface area contributed by atoms with Crippen LogP contribution in [0.5, 0.6) is 23.0 Å². The fourth-order valence-corrected chi connectivity index (χ4v) is 8.73. The van der Waals surface area contributed by atoms with Gasteiger partial charge in [-0.15, -0.1) is 0 Å². The molecule has 0 fully saturated rings. The Morgan fingerprint density at radius 2 is 1.67 bits per heavy atom. The van der Waals surface area contributed by atoms with Crippen LogP contribution >= 0.6 is 0 Å². The number of methoxy groups -OCH3 is 1. The number of hydrogen-bond acceptors (Lipinski definition) is 16. The van der Waals surface area contributed by atoms with Crippen LogP contribution in [0.4, 0.5) is 5.69 Å². The van der Waals surface area contributed by atoms with Crippen LogP contribution in [0, 0.1) is 36.5 Å². The Hall–Kier alpha value is -6.01. The summed E-state index contributed by atoms with van der Waals surface area (Å²) >= 11 is 0. The Labute approximate surface area is 389 Å². The predicted octanol–water partition coefficient (Wildman–Crippen LogP) is 6.89. The molecule has 67 heavy (non-hydrogen) atoms. The Morgan fingerprint density at radius 3 is 2.34 bits per heavy atom. The predicted molar refractivity (Wildman–Crippen MR) is 251 cm³/mol. The highest BCUT2D eigenvalue weighted by Crippen LogP contribution is 2.51. The van der Waals surface area contributed by atoms with Crippen molar-refractivity contribution in [1.29, 1.82) is 0 Å². The largest absolute Gasteiger partial charge is 0.507 e. The molecule has 1 aliphatic carbocycles. The summed E-state index contributed by atoms with van der Waals surface area (Å²) in [6, 6.07) is 2.79. The molecule has 6 rings (SSSR count). The van der Waals surface area contributed by atoms with Crippen LogP contribution in [0.3, 0.4) is 0 Å². The number of aliphatic hydroxyl groups excluding tert-OH is 1. The molecule has 0 saturated carbocycles. The van der Waals surface area contributed by atoms with Crippen LogP contribution in [0.2, 0.25) is 0 Å². The smallest absolute Gasteiger partial charge is 0.312 e. The zero-order chi connectivity index (χ0) is 49.2. The maximum atomic E-state index is 14.8. The lowest BCUT2D eigenvalue weighted by Crippen LogP contribution is -2.43. The van der Waals surface area contributed by atoms with Gasteiger partial charge in [0.1, 0.15) is 52.6 Å². The summed E-state index contributed by atoms with van der Waals surface area (Å²) < 4.78 is 42.0. The number of likely N-dealkylation sites (N-methyl/N-ethyl adjacent to an activating group) is 1. The number of aliphatic hydroxyl groups is 1. The van der Waals surface area contributed by atoms with Gasteiger partial charge in [-0.25, -0.2) is 4.98 Å². The number of nitrogens with zero attached hydrogens (tertiary/aromatic N) is 2. The van der Waals surface area contributed by atoms with Gasteiger partial charge in [0, 0.05) is 68.0 Å². The Morgan fingerprint density at radius 1 is 0.955 bits per heavy atom. The molecule has 4 N–H and O–H groups in total. The number of aromatic hydroxyl groups is 2. The monoisotopic (exact) mass is 929 g/mol. The number of ether oxygens (including phenoxy) is 6. The fraction of sp³-hybridized carbons (Fsp3) is 0.500. The molecule has 9 atom stereocenters. The topological polar surface area (TPSA) is 226 Å². The van der Waals surface area contributed by atoms with Gasteiger partial charge < -0.3 is 58.4 Å². The van der Waals surface area contributed by atoms with E-state index in [-0.39, 0.29) is 104 Å². The Bertz CT molecular complexity index is 2650. The van der Waals surface area contributed by atoms with Crippen LogP contribution in [-0.4, -0.2) is 115 Å². The summed E-state index contributed by atoms with van der Waals surface area (Å²) in [5, 5.41) is 36.9. The van der Waals surface area contributed by atoms with E-state index in [2.05, 4.69) is 5.32 Å². The third-order valence-electron chi connectivity index (χ3n) is 13.2. The number of amides is 1. The second-order valence-electron chi connectivity index (χ2n) is 18.1. The standard InChI is InChI=1S/C50H63N3O14/c1-24-14-13-15-25(2)49(60)52-41-44(58)37-36(40-47(41)66-35-23-32(22-33(55)39(35)51-40)63-21-20-62-19-17-53(10)11)38-46(30(7)43(37)57)67-50(9,48(38)59)64-18-16-34(61-12)29(6)45(65-31(8)54)28(5)26(3)27(4)42(24)56/h13-16,18,22-24,26-29,34,42,45,55-57H,17,19-21H2,1-12H3,(H,52,60)/b14-13+,18-16+,25-15-/t24-,26+,27-,28+,29+,34-,42-,45-,50-/m0/s1. The van der Waals surface area contributed by atoms with E-state index < -0.39 is 64.5 Å². The van der Waals surface area contributed by atoms with Gasteiger partial charge in [0.2, 0.25) is 5.43 Å². The first-order valence-corrected chi connectivity index (χ1v) is 22.4. The van der Waals surface area contributed by atoms with Gasteiger partial charge >= 0.3 is 11.8 Å². The van der Waals surface area contributed by atoms with Crippen molar-refractivity contribution in [2.24, 2.45) is 29.6 Å². The molecule has 1 amide bonds. The second-order valence-corrected chi connectivity index (χ2v) is 18.1. The van der Waals surface area contributed by atoms with Crippen molar-refractivity contribution in [3.8, 4) is 34.5 Å². The minimum atomic E-state index is -2.06. The number of benzene rings is 3. The first-order chi connectivity index (χ1) is 31.6. The molecule has 0 unspecified atom stereocenters. The molecule has 17 heteroatoms. The first kappa shape index (κ1) is 50.4.